The van der Waals surface area contributed by atoms with Gasteiger partial charge in [-0.25, -0.2) is 0 Å². The fourth-order valence-corrected chi connectivity index (χ4v) is 0.164. The predicted octanol–water partition coefficient (Wildman–Crippen LogP) is -0.233. The largest absolute Gasteiger partial charge is 0.341 e. The van der Waals surface area contributed by atoms with Crippen molar-refractivity contribution in [2.75, 3.05) is 0 Å². The van der Waals surface area contributed by atoms with Crippen LogP contribution in [0.1, 0.15) is 6.92 Å². The fraction of sp³-hybridized carbons (Fsp3) is 0.200. The Morgan fingerprint density at radius 2 is 2.22 bits per heavy atom. The maximum atomic E-state index is 10.2. The van der Waals surface area contributed by atoms with E-state index in [1.54, 1.807) is 0 Å². The number of carbonyl (C=O) groups excluding carboxylic acids is 2. The van der Waals surface area contributed by atoms with E-state index in [1.165, 1.54) is 6.92 Å². The average molecular weight is 129 g/mol. The summed E-state index contributed by atoms with van der Waals surface area (Å²) in [4.78, 5) is 24.3. The summed E-state index contributed by atoms with van der Waals surface area (Å²) in [6.07, 6.45) is 1.00. The van der Waals surface area contributed by atoms with E-state index in [9.17, 15) is 9.59 Å². The number of hydroxylamine groups is 1. The van der Waals surface area contributed by atoms with Gasteiger partial charge in [-0.05, 0) is 6.08 Å². The van der Waals surface area contributed by atoms with Gasteiger partial charge in [0.25, 0.3) is 5.91 Å². The summed E-state index contributed by atoms with van der Waals surface area (Å²) in [5.74, 6) is -1.10. The molecule has 0 spiro atoms. The third-order valence-electron chi connectivity index (χ3n) is 0.481. The summed E-state index contributed by atoms with van der Waals surface area (Å²) in [6, 6.07) is 0. The standard InChI is InChI=1S/C5H7NO3/c1-3-5(8)6-9-4(2)7/h3H,1H2,2H3,(H,6,8). The van der Waals surface area contributed by atoms with E-state index < -0.39 is 11.9 Å². The number of hydrogen-bond acceptors (Lipinski definition) is 3. The lowest BCUT2D eigenvalue weighted by Gasteiger charge is -1.96. The summed E-state index contributed by atoms with van der Waals surface area (Å²) in [5, 5.41) is 0. The van der Waals surface area contributed by atoms with Crippen LogP contribution in [0.4, 0.5) is 0 Å². The Bertz CT molecular complexity index is 141. The summed E-state index contributed by atoms with van der Waals surface area (Å²) < 4.78 is 0. The van der Waals surface area contributed by atoms with Crippen molar-refractivity contribution < 1.29 is 14.4 Å². The Balaban J connectivity index is 3.39. The molecule has 4 nitrogen and oxygen atoms in total. The zero-order chi connectivity index (χ0) is 7.28. The van der Waals surface area contributed by atoms with E-state index in [2.05, 4.69) is 11.4 Å². The van der Waals surface area contributed by atoms with Crippen molar-refractivity contribution in [2.24, 2.45) is 0 Å². The van der Waals surface area contributed by atoms with Crippen molar-refractivity contribution >= 4 is 11.9 Å². The van der Waals surface area contributed by atoms with Gasteiger partial charge >= 0.3 is 5.97 Å². The minimum atomic E-state index is -0.565. The van der Waals surface area contributed by atoms with Crippen molar-refractivity contribution in [1.82, 2.24) is 5.48 Å². The molecule has 0 heterocycles. The van der Waals surface area contributed by atoms with Gasteiger partial charge in [0.05, 0.1) is 0 Å². The Kier molecular flexibility index (Phi) is 3.12. The van der Waals surface area contributed by atoms with E-state index in [0.717, 1.165) is 6.08 Å². The second kappa shape index (κ2) is 3.65. The van der Waals surface area contributed by atoms with Crippen LogP contribution in [0.5, 0.6) is 0 Å². The van der Waals surface area contributed by atoms with Crippen LogP contribution in [0.25, 0.3) is 0 Å². The smallest absolute Gasteiger partial charge is 0.329 e. The molecular weight excluding hydrogens is 122 g/mol. The first-order chi connectivity index (χ1) is 4.16. The Hall–Kier alpha value is -1.32. The molecule has 0 radical (unpaired) electrons. The highest BCUT2D eigenvalue weighted by molar-refractivity contribution is 5.86. The van der Waals surface area contributed by atoms with Gasteiger partial charge in [-0.1, -0.05) is 6.58 Å². The molecule has 0 aliphatic rings. The lowest BCUT2D eigenvalue weighted by Crippen LogP contribution is -2.23. The monoisotopic (exact) mass is 129 g/mol. The van der Waals surface area contributed by atoms with E-state index in [1.807, 2.05) is 5.48 Å². The van der Waals surface area contributed by atoms with Crippen LogP contribution in [0.15, 0.2) is 12.7 Å². The number of nitrogens with one attached hydrogen (secondary N) is 1. The van der Waals surface area contributed by atoms with E-state index in [4.69, 9.17) is 0 Å². The van der Waals surface area contributed by atoms with Crippen molar-refractivity contribution in [3.63, 3.8) is 0 Å². The van der Waals surface area contributed by atoms with Crippen molar-refractivity contribution in [3.05, 3.63) is 12.7 Å². The number of hydrogen-bond donors (Lipinski definition) is 1. The highest BCUT2D eigenvalue weighted by Gasteiger charge is 1.94. The second-order valence-corrected chi connectivity index (χ2v) is 1.26. The van der Waals surface area contributed by atoms with Crippen LogP contribution in [0, 0.1) is 0 Å². The molecule has 0 unspecified atom stereocenters. The first-order valence-electron chi connectivity index (χ1n) is 2.26. The Morgan fingerprint density at radius 1 is 1.67 bits per heavy atom. The molecule has 0 saturated carbocycles. The lowest BCUT2D eigenvalue weighted by molar-refractivity contribution is -0.154. The van der Waals surface area contributed by atoms with Gasteiger partial charge in [0.1, 0.15) is 0 Å². The van der Waals surface area contributed by atoms with Crippen LogP contribution in [-0.4, -0.2) is 11.9 Å². The van der Waals surface area contributed by atoms with Crippen LogP contribution in [-0.2, 0) is 14.4 Å². The minimum Gasteiger partial charge on any atom is -0.341 e. The molecule has 50 valence electrons. The van der Waals surface area contributed by atoms with Crippen LogP contribution in [0.2, 0.25) is 0 Å². The van der Waals surface area contributed by atoms with Crippen molar-refractivity contribution in [1.29, 1.82) is 0 Å². The number of rotatable bonds is 1. The molecule has 0 aromatic heterocycles. The molecule has 0 fully saturated rings. The maximum absolute atomic E-state index is 10.2. The predicted molar refractivity (Wildman–Crippen MR) is 30.1 cm³/mol. The van der Waals surface area contributed by atoms with Gasteiger partial charge in [-0.3, -0.25) is 9.59 Å². The molecule has 0 aromatic rings. The molecule has 0 aliphatic heterocycles. The van der Waals surface area contributed by atoms with E-state index in [0.29, 0.717) is 0 Å². The number of amides is 1. The second-order valence-electron chi connectivity index (χ2n) is 1.26. The summed E-state index contributed by atoms with van der Waals surface area (Å²) in [7, 11) is 0. The molecule has 0 rings (SSSR count). The Labute approximate surface area is 52.4 Å². The number of carbonyl (C=O) groups is 2. The highest BCUT2D eigenvalue weighted by atomic mass is 16.7. The molecular formula is C5H7NO3. The van der Waals surface area contributed by atoms with Gasteiger partial charge < -0.3 is 4.84 Å². The normalized spacial score (nSPS) is 7.67. The van der Waals surface area contributed by atoms with Crippen molar-refractivity contribution in [2.45, 2.75) is 6.92 Å². The first-order valence-corrected chi connectivity index (χ1v) is 2.26. The van der Waals surface area contributed by atoms with E-state index >= 15 is 0 Å². The molecule has 0 aromatic carbocycles. The molecule has 9 heavy (non-hydrogen) atoms. The summed E-state index contributed by atoms with van der Waals surface area (Å²) >= 11 is 0. The zero-order valence-corrected chi connectivity index (χ0v) is 5.01. The van der Waals surface area contributed by atoms with Crippen molar-refractivity contribution in [3.8, 4) is 0 Å². The zero-order valence-electron chi connectivity index (χ0n) is 5.01. The Morgan fingerprint density at radius 3 is 2.56 bits per heavy atom. The van der Waals surface area contributed by atoms with Gasteiger partial charge in [0.2, 0.25) is 0 Å². The van der Waals surface area contributed by atoms with Gasteiger partial charge in [-0.15, -0.1) is 0 Å². The third-order valence-corrected chi connectivity index (χ3v) is 0.481. The first kappa shape index (κ1) is 7.68. The van der Waals surface area contributed by atoms with Crippen LogP contribution in [0.3, 0.4) is 0 Å². The van der Waals surface area contributed by atoms with Gasteiger partial charge in [0, 0.05) is 6.92 Å². The molecule has 0 atom stereocenters. The average Bonchev–Trinajstić information content (AvgIpc) is 1.83. The molecule has 0 saturated heterocycles. The molecule has 1 N–H and O–H groups in total. The lowest BCUT2D eigenvalue weighted by atomic mass is 10.6. The minimum absolute atomic E-state index is 0.537. The molecule has 0 aliphatic carbocycles. The molecule has 4 heteroatoms. The quantitative estimate of drug-likeness (QED) is 0.393. The topological polar surface area (TPSA) is 55.4 Å². The van der Waals surface area contributed by atoms with Crippen LogP contribution < -0.4 is 5.48 Å². The third kappa shape index (κ3) is 4.53. The van der Waals surface area contributed by atoms with Gasteiger partial charge in [-0.2, -0.15) is 5.48 Å². The van der Waals surface area contributed by atoms with E-state index in [-0.39, 0.29) is 0 Å². The summed E-state index contributed by atoms with van der Waals surface area (Å²) in [5.41, 5.74) is 1.83. The summed E-state index contributed by atoms with van der Waals surface area (Å²) in [6.45, 7) is 4.32. The maximum Gasteiger partial charge on any atom is 0.329 e. The fourth-order valence-electron chi connectivity index (χ4n) is 0.164. The van der Waals surface area contributed by atoms with Crippen LogP contribution >= 0.6 is 0 Å². The van der Waals surface area contributed by atoms with Gasteiger partial charge in [0.15, 0.2) is 0 Å². The highest BCUT2D eigenvalue weighted by Crippen LogP contribution is 1.69. The molecule has 1 amide bonds. The SMILES string of the molecule is C=CC(=O)NOC(C)=O. The molecule has 0 bridgehead atoms.